The third-order valence-electron chi connectivity index (χ3n) is 3.60. The predicted octanol–water partition coefficient (Wildman–Crippen LogP) is 1.21. The Labute approximate surface area is 116 Å². The molecule has 2 N–H and O–H groups in total. The minimum absolute atomic E-state index is 0.918. The summed E-state index contributed by atoms with van der Waals surface area (Å²) in [4.78, 5) is 2.45. The van der Waals surface area contributed by atoms with Gasteiger partial charge in [-0.3, -0.25) is 4.90 Å². The molecule has 106 valence electrons. The molecule has 0 saturated carbocycles. The number of ether oxygens (including phenoxy) is 1. The summed E-state index contributed by atoms with van der Waals surface area (Å²) in [6, 6.07) is 6.45. The van der Waals surface area contributed by atoms with Crippen LogP contribution in [0.2, 0.25) is 0 Å². The number of hydrogen-bond acceptors (Lipinski definition) is 4. The maximum absolute atomic E-state index is 5.36. The number of aryl methyl sites for hydroxylation is 1. The van der Waals surface area contributed by atoms with Crippen LogP contribution in [0.4, 0.5) is 0 Å². The van der Waals surface area contributed by atoms with Crippen LogP contribution in [0, 0.1) is 0 Å². The smallest absolute Gasteiger partial charge is 0.122 e. The molecule has 2 rings (SSSR count). The SMILES string of the molecule is CCc1cc(CNCN2CCNCC2)ccc1OC. The Morgan fingerprint density at radius 3 is 2.79 bits per heavy atom. The Kier molecular flexibility index (Phi) is 5.63. The summed E-state index contributed by atoms with van der Waals surface area (Å²) < 4.78 is 5.36. The van der Waals surface area contributed by atoms with Crippen LogP contribution in [0.5, 0.6) is 5.75 Å². The van der Waals surface area contributed by atoms with Crippen molar-refractivity contribution in [1.82, 2.24) is 15.5 Å². The van der Waals surface area contributed by atoms with Gasteiger partial charge < -0.3 is 15.4 Å². The highest BCUT2D eigenvalue weighted by atomic mass is 16.5. The van der Waals surface area contributed by atoms with E-state index in [2.05, 4.69) is 40.7 Å². The van der Waals surface area contributed by atoms with Gasteiger partial charge in [-0.05, 0) is 23.6 Å². The van der Waals surface area contributed by atoms with E-state index in [1.54, 1.807) is 7.11 Å². The minimum Gasteiger partial charge on any atom is -0.496 e. The quantitative estimate of drug-likeness (QED) is 0.809. The van der Waals surface area contributed by atoms with Crippen LogP contribution in [0.15, 0.2) is 18.2 Å². The van der Waals surface area contributed by atoms with E-state index in [-0.39, 0.29) is 0 Å². The molecule has 1 fully saturated rings. The summed E-state index contributed by atoms with van der Waals surface area (Å²) in [5.74, 6) is 0.994. The third-order valence-corrected chi connectivity index (χ3v) is 3.60. The Balaban J connectivity index is 1.81. The fourth-order valence-electron chi connectivity index (χ4n) is 2.45. The van der Waals surface area contributed by atoms with Crippen LogP contribution in [0.25, 0.3) is 0 Å². The van der Waals surface area contributed by atoms with Crippen LogP contribution >= 0.6 is 0 Å². The van der Waals surface area contributed by atoms with Gasteiger partial charge >= 0.3 is 0 Å². The van der Waals surface area contributed by atoms with E-state index in [1.165, 1.54) is 11.1 Å². The van der Waals surface area contributed by atoms with Gasteiger partial charge in [0.05, 0.1) is 7.11 Å². The van der Waals surface area contributed by atoms with Gasteiger partial charge in [0.1, 0.15) is 5.75 Å². The number of hydrogen-bond donors (Lipinski definition) is 2. The van der Waals surface area contributed by atoms with Crippen molar-refractivity contribution in [3.63, 3.8) is 0 Å². The zero-order valence-corrected chi connectivity index (χ0v) is 12.0. The van der Waals surface area contributed by atoms with Gasteiger partial charge in [-0.1, -0.05) is 19.1 Å². The molecule has 4 heteroatoms. The van der Waals surface area contributed by atoms with Gasteiger partial charge in [0.15, 0.2) is 0 Å². The lowest BCUT2D eigenvalue weighted by Gasteiger charge is -2.27. The Bertz CT molecular complexity index is 389. The molecule has 0 aliphatic carbocycles. The van der Waals surface area contributed by atoms with E-state index in [9.17, 15) is 0 Å². The van der Waals surface area contributed by atoms with Crippen molar-refractivity contribution < 1.29 is 4.74 Å². The van der Waals surface area contributed by atoms with Crippen LogP contribution < -0.4 is 15.4 Å². The maximum Gasteiger partial charge on any atom is 0.122 e. The second-order valence-corrected chi connectivity index (χ2v) is 4.95. The average molecular weight is 263 g/mol. The lowest BCUT2D eigenvalue weighted by molar-refractivity contribution is 0.223. The monoisotopic (exact) mass is 263 g/mol. The molecule has 0 amide bonds. The van der Waals surface area contributed by atoms with Crippen LogP contribution in [-0.4, -0.2) is 44.9 Å². The van der Waals surface area contributed by atoms with Crippen molar-refractivity contribution >= 4 is 0 Å². The molecule has 0 aromatic heterocycles. The highest BCUT2D eigenvalue weighted by molar-refractivity contribution is 5.37. The average Bonchev–Trinajstić information content (AvgIpc) is 2.48. The standard InChI is InChI=1S/C15H25N3O/c1-3-14-10-13(4-5-15(14)19-2)11-17-12-18-8-6-16-7-9-18/h4-5,10,16-17H,3,6-9,11-12H2,1-2H3. The number of piperazine rings is 1. The second-order valence-electron chi connectivity index (χ2n) is 4.95. The summed E-state index contributed by atoms with van der Waals surface area (Å²) in [5.41, 5.74) is 2.61. The van der Waals surface area contributed by atoms with Gasteiger partial charge in [0.2, 0.25) is 0 Å². The van der Waals surface area contributed by atoms with Gasteiger partial charge in [-0.15, -0.1) is 0 Å². The van der Waals surface area contributed by atoms with Crippen molar-refractivity contribution in [2.45, 2.75) is 19.9 Å². The third kappa shape index (κ3) is 4.20. The molecule has 1 heterocycles. The highest BCUT2D eigenvalue weighted by Gasteiger charge is 2.08. The molecule has 0 radical (unpaired) electrons. The minimum atomic E-state index is 0.918. The van der Waals surface area contributed by atoms with Gasteiger partial charge in [0.25, 0.3) is 0 Å². The fourth-order valence-corrected chi connectivity index (χ4v) is 2.45. The molecule has 1 aromatic carbocycles. The Hall–Kier alpha value is -1.10. The summed E-state index contributed by atoms with van der Waals surface area (Å²) in [6.07, 6.45) is 1.01. The van der Waals surface area contributed by atoms with Gasteiger partial charge in [-0.25, -0.2) is 0 Å². The molecule has 0 bridgehead atoms. The van der Waals surface area contributed by atoms with Gasteiger partial charge in [-0.2, -0.15) is 0 Å². The van der Waals surface area contributed by atoms with Crippen molar-refractivity contribution in [1.29, 1.82) is 0 Å². The van der Waals surface area contributed by atoms with E-state index in [0.29, 0.717) is 0 Å². The van der Waals surface area contributed by atoms with Crippen LogP contribution in [0.3, 0.4) is 0 Å². The number of nitrogens with zero attached hydrogens (tertiary/aromatic N) is 1. The van der Waals surface area contributed by atoms with E-state index in [0.717, 1.165) is 51.6 Å². The van der Waals surface area contributed by atoms with Crippen molar-refractivity contribution in [2.24, 2.45) is 0 Å². The largest absolute Gasteiger partial charge is 0.496 e. The van der Waals surface area contributed by atoms with E-state index < -0.39 is 0 Å². The zero-order chi connectivity index (χ0) is 13.5. The zero-order valence-electron chi connectivity index (χ0n) is 12.0. The van der Waals surface area contributed by atoms with Crippen molar-refractivity contribution in [2.75, 3.05) is 40.0 Å². The van der Waals surface area contributed by atoms with Crippen molar-refractivity contribution in [3.05, 3.63) is 29.3 Å². The van der Waals surface area contributed by atoms with E-state index in [4.69, 9.17) is 4.74 Å². The van der Waals surface area contributed by atoms with E-state index in [1.807, 2.05) is 0 Å². The van der Waals surface area contributed by atoms with Crippen LogP contribution in [0.1, 0.15) is 18.1 Å². The predicted molar refractivity (Wildman–Crippen MR) is 78.5 cm³/mol. The lowest BCUT2D eigenvalue weighted by Crippen LogP contribution is -2.46. The Morgan fingerprint density at radius 1 is 1.32 bits per heavy atom. The first-order chi connectivity index (χ1) is 9.33. The molecule has 0 unspecified atom stereocenters. The van der Waals surface area contributed by atoms with Crippen LogP contribution in [-0.2, 0) is 13.0 Å². The molecule has 19 heavy (non-hydrogen) atoms. The normalized spacial score (nSPS) is 16.5. The lowest BCUT2D eigenvalue weighted by atomic mass is 10.1. The number of benzene rings is 1. The fraction of sp³-hybridized carbons (Fsp3) is 0.600. The summed E-state index contributed by atoms with van der Waals surface area (Å²) in [6.45, 7) is 8.52. The summed E-state index contributed by atoms with van der Waals surface area (Å²) >= 11 is 0. The van der Waals surface area contributed by atoms with Gasteiger partial charge in [0, 0.05) is 39.4 Å². The molecule has 1 aliphatic heterocycles. The summed E-state index contributed by atoms with van der Waals surface area (Å²) in [5, 5.41) is 6.88. The highest BCUT2D eigenvalue weighted by Crippen LogP contribution is 2.20. The number of rotatable bonds is 6. The number of nitrogens with one attached hydrogen (secondary N) is 2. The first-order valence-corrected chi connectivity index (χ1v) is 7.13. The first kappa shape index (κ1) is 14.3. The van der Waals surface area contributed by atoms with E-state index >= 15 is 0 Å². The molecule has 1 aromatic rings. The first-order valence-electron chi connectivity index (χ1n) is 7.13. The summed E-state index contributed by atoms with van der Waals surface area (Å²) in [7, 11) is 1.73. The molecular weight excluding hydrogens is 238 g/mol. The van der Waals surface area contributed by atoms with Crippen molar-refractivity contribution in [3.8, 4) is 5.75 Å². The Morgan fingerprint density at radius 2 is 2.11 bits per heavy atom. The molecule has 0 atom stereocenters. The second kappa shape index (κ2) is 7.48. The molecule has 0 spiro atoms. The molecule has 4 nitrogen and oxygen atoms in total. The maximum atomic E-state index is 5.36. The topological polar surface area (TPSA) is 36.5 Å². The molecule has 1 saturated heterocycles. The molecule has 1 aliphatic rings. The number of methoxy groups -OCH3 is 1. The molecular formula is C15H25N3O.